The molecule has 6 nitrogen and oxygen atoms in total. The van der Waals surface area contributed by atoms with Crippen LogP contribution in [0.4, 0.5) is 0 Å². The van der Waals surface area contributed by atoms with Gasteiger partial charge in [-0.05, 0) is 31.6 Å². The molecule has 1 aliphatic heterocycles. The van der Waals surface area contributed by atoms with Crippen LogP contribution in [0.2, 0.25) is 0 Å². The lowest BCUT2D eigenvalue weighted by Crippen LogP contribution is -2.58. The molecule has 1 aromatic heterocycles. The van der Waals surface area contributed by atoms with Gasteiger partial charge >= 0.3 is 6.01 Å². The quantitative estimate of drug-likeness (QED) is 0.853. The van der Waals surface area contributed by atoms with E-state index in [4.69, 9.17) is 9.47 Å². The van der Waals surface area contributed by atoms with Crippen molar-refractivity contribution in [2.75, 3.05) is 33.9 Å². The van der Waals surface area contributed by atoms with Gasteiger partial charge < -0.3 is 19.5 Å². The third-order valence-electron chi connectivity index (χ3n) is 7.09. The monoisotopic (exact) mass is 375 g/mol. The molecule has 3 aliphatic rings. The van der Waals surface area contributed by atoms with E-state index < -0.39 is 5.60 Å². The molecular formula is C21H33N3O3. The van der Waals surface area contributed by atoms with Gasteiger partial charge in [-0.25, -0.2) is 4.98 Å². The van der Waals surface area contributed by atoms with Crippen molar-refractivity contribution in [3.63, 3.8) is 0 Å². The maximum Gasteiger partial charge on any atom is 0.319 e. The van der Waals surface area contributed by atoms with E-state index in [-0.39, 0.29) is 17.8 Å². The number of piperidine rings is 1. The molecule has 1 saturated heterocycles. The van der Waals surface area contributed by atoms with Crippen molar-refractivity contribution in [2.45, 2.75) is 57.0 Å². The number of nitrogens with zero attached hydrogens (tertiary/aromatic N) is 3. The van der Waals surface area contributed by atoms with Gasteiger partial charge in [0, 0.05) is 37.7 Å². The van der Waals surface area contributed by atoms with Gasteiger partial charge in [0.2, 0.25) is 5.88 Å². The summed E-state index contributed by atoms with van der Waals surface area (Å²) in [5.74, 6) is 1.70. The predicted molar refractivity (Wildman–Crippen MR) is 103 cm³/mol. The van der Waals surface area contributed by atoms with E-state index in [9.17, 15) is 5.11 Å². The maximum atomic E-state index is 11.9. The number of fused-ring (bicyclic) bond motifs is 2. The highest BCUT2D eigenvalue weighted by molar-refractivity contribution is 5.34. The number of likely N-dealkylation sites (tertiary alicyclic amines) is 1. The molecule has 1 N–H and O–H groups in total. The summed E-state index contributed by atoms with van der Waals surface area (Å²) in [5, 5.41) is 11.9. The lowest BCUT2D eigenvalue weighted by molar-refractivity contribution is -0.150. The number of aliphatic hydroxyl groups is 1. The Morgan fingerprint density at radius 3 is 2.37 bits per heavy atom. The highest BCUT2D eigenvalue weighted by Gasteiger charge is 2.53. The van der Waals surface area contributed by atoms with E-state index in [1.54, 1.807) is 20.4 Å². The second-order valence-corrected chi connectivity index (χ2v) is 8.65. The molecule has 4 rings (SSSR count). The predicted octanol–water partition coefficient (Wildman–Crippen LogP) is 2.99. The molecule has 27 heavy (non-hydrogen) atoms. The summed E-state index contributed by atoms with van der Waals surface area (Å²) in [6, 6.07) is 0.277. The molecular weight excluding hydrogens is 342 g/mol. The fourth-order valence-electron chi connectivity index (χ4n) is 5.75. The smallest absolute Gasteiger partial charge is 0.319 e. The van der Waals surface area contributed by atoms with E-state index >= 15 is 0 Å². The van der Waals surface area contributed by atoms with Gasteiger partial charge in [-0.1, -0.05) is 25.7 Å². The van der Waals surface area contributed by atoms with Crippen molar-refractivity contribution in [1.29, 1.82) is 0 Å². The Morgan fingerprint density at radius 1 is 1.04 bits per heavy atom. The van der Waals surface area contributed by atoms with Crippen molar-refractivity contribution >= 4 is 0 Å². The third kappa shape index (κ3) is 3.54. The maximum absolute atomic E-state index is 11.9. The minimum Gasteiger partial charge on any atom is -0.481 e. The first-order valence-corrected chi connectivity index (χ1v) is 10.5. The van der Waals surface area contributed by atoms with E-state index in [2.05, 4.69) is 14.9 Å². The number of hydrogen-bond donors (Lipinski definition) is 1. The van der Waals surface area contributed by atoms with Crippen molar-refractivity contribution in [1.82, 2.24) is 14.9 Å². The Bertz CT molecular complexity index is 634. The van der Waals surface area contributed by atoms with Crippen LogP contribution >= 0.6 is 0 Å². The molecule has 1 aromatic rings. The number of hydrogen-bond acceptors (Lipinski definition) is 6. The average Bonchev–Trinajstić information content (AvgIpc) is 2.69. The molecule has 6 heteroatoms. The molecule has 2 atom stereocenters. The molecule has 2 unspecified atom stereocenters. The average molecular weight is 376 g/mol. The van der Waals surface area contributed by atoms with Crippen LogP contribution in [0.1, 0.15) is 56.9 Å². The fourth-order valence-corrected chi connectivity index (χ4v) is 5.75. The molecule has 2 heterocycles. The summed E-state index contributed by atoms with van der Waals surface area (Å²) in [4.78, 5) is 11.2. The SMILES string of the molecule is COc1ncc(C2(O)C3CCCC2CN(CC2CCCCC2)C3)c(OC)n1. The molecule has 2 saturated carbocycles. The first-order chi connectivity index (χ1) is 13.1. The Balaban J connectivity index is 1.57. The van der Waals surface area contributed by atoms with Gasteiger partial charge in [0.15, 0.2) is 0 Å². The Morgan fingerprint density at radius 2 is 1.74 bits per heavy atom. The first kappa shape index (κ1) is 18.9. The van der Waals surface area contributed by atoms with Crippen LogP contribution in [0.25, 0.3) is 0 Å². The van der Waals surface area contributed by atoms with Crippen LogP contribution in [0.5, 0.6) is 11.9 Å². The molecule has 0 aromatic carbocycles. The Kier molecular flexibility index (Phi) is 5.55. The fraction of sp³-hybridized carbons (Fsp3) is 0.810. The number of methoxy groups -OCH3 is 2. The summed E-state index contributed by atoms with van der Waals surface area (Å²) in [7, 11) is 3.14. The van der Waals surface area contributed by atoms with Crippen molar-refractivity contribution < 1.29 is 14.6 Å². The summed E-state index contributed by atoms with van der Waals surface area (Å²) in [6.45, 7) is 3.11. The lowest BCUT2D eigenvalue weighted by Gasteiger charge is -2.53. The zero-order valence-electron chi connectivity index (χ0n) is 16.7. The molecule has 150 valence electrons. The number of aromatic nitrogens is 2. The van der Waals surface area contributed by atoms with Crippen molar-refractivity contribution in [2.24, 2.45) is 17.8 Å². The van der Waals surface area contributed by atoms with Gasteiger partial charge in [-0.15, -0.1) is 0 Å². The number of rotatable bonds is 5. The summed E-state index contributed by atoms with van der Waals surface area (Å²) >= 11 is 0. The third-order valence-corrected chi connectivity index (χ3v) is 7.09. The van der Waals surface area contributed by atoms with Gasteiger partial charge in [-0.3, -0.25) is 0 Å². The van der Waals surface area contributed by atoms with E-state index in [0.29, 0.717) is 5.88 Å². The van der Waals surface area contributed by atoms with Gasteiger partial charge in [0.05, 0.1) is 19.8 Å². The van der Waals surface area contributed by atoms with Gasteiger partial charge in [-0.2, -0.15) is 4.98 Å². The van der Waals surface area contributed by atoms with Crippen molar-refractivity contribution in [3.05, 3.63) is 11.8 Å². The van der Waals surface area contributed by atoms with Gasteiger partial charge in [0.25, 0.3) is 0 Å². The minimum atomic E-state index is -0.904. The zero-order valence-corrected chi connectivity index (χ0v) is 16.7. The zero-order chi connectivity index (χ0) is 18.9. The van der Waals surface area contributed by atoms with Crippen LogP contribution in [0.3, 0.4) is 0 Å². The number of ether oxygens (including phenoxy) is 2. The van der Waals surface area contributed by atoms with E-state index in [0.717, 1.165) is 37.4 Å². The van der Waals surface area contributed by atoms with Crippen LogP contribution < -0.4 is 9.47 Å². The van der Waals surface area contributed by atoms with E-state index in [1.807, 2.05) is 0 Å². The molecule has 0 amide bonds. The topological polar surface area (TPSA) is 67.7 Å². The molecule has 2 bridgehead atoms. The highest BCUT2D eigenvalue weighted by Crippen LogP contribution is 2.51. The standard InChI is InChI=1S/C21H33N3O3/c1-26-19-18(11-22-20(23-19)27-2)21(25)16-9-6-10-17(21)14-24(13-16)12-15-7-4-3-5-8-15/h11,15-17,25H,3-10,12-14H2,1-2H3. The van der Waals surface area contributed by atoms with Crippen molar-refractivity contribution in [3.8, 4) is 11.9 Å². The molecule has 3 fully saturated rings. The van der Waals surface area contributed by atoms with Crippen LogP contribution in [0.15, 0.2) is 6.20 Å². The first-order valence-electron chi connectivity index (χ1n) is 10.5. The van der Waals surface area contributed by atoms with Crippen LogP contribution in [-0.4, -0.2) is 53.8 Å². The minimum absolute atomic E-state index is 0.208. The molecule has 0 spiro atoms. The van der Waals surface area contributed by atoms with Crippen LogP contribution in [-0.2, 0) is 5.60 Å². The second-order valence-electron chi connectivity index (χ2n) is 8.65. The Hall–Kier alpha value is -1.40. The van der Waals surface area contributed by atoms with E-state index in [1.165, 1.54) is 45.1 Å². The largest absolute Gasteiger partial charge is 0.481 e. The lowest BCUT2D eigenvalue weighted by atomic mass is 9.62. The summed E-state index contributed by atoms with van der Waals surface area (Å²) in [5.41, 5.74) is -0.170. The second kappa shape index (κ2) is 7.92. The molecule has 2 aliphatic carbocycles. The normalized spacial score (nSPS) is 32.3. The summed E-state index contributed by atoms with van der Waals surface area (Å²) in [6.07, 6.45) is 11.9. The van der Waals surface area contributed by atoms with Crippen LogP contribution in [0, 0.1) is 17.8 Å². The van der Waals surface area contributed by atoms with Gasteiger partial charge in [0.1, 0.15) is 5.60 Å². The molecule has 0 radical (unpaired) electrons. The highest BCUT2D eigenvalue weighted by atomic mass is 16.5. The summed E-state index contributed by atoms with van der Waals surface area (Å²) < 4.78 is 10.7. The Labute approximate surface area is 162 Å².